The second-order valence-corrected chi connectivity index (χ2v) is 4.30. The van der Waals surface area contributed by atoms with E-state index in [1.165, 1.54) is 11.0 Å². The van der Waals surface area contributed by atoms with Crippen LogP contribution in [-0.2, 0) is 4.79 Å². The van der Waals surface area contributed by atoms with Gasteiger partial charge in [-0.2, -0.15) is 0 Å². The van der Waals surface area contributed by atoms with Crippen LogP contribution in [0.25, 0.3) is 0 Å². The van der Waals surface area contributed by atoms with Crippen molar-refractivity contribution in [2.75, 3.05) is 11.4 Å². The Bertz CT molecular complexity index is 549. The van der Waals surface area contributed by atoms with E-state index in [0.29, 0.717) is 11.3 Å². The maximum absolute atomic E-state index is 13.2. The average molecular weight is 233 g/mol. The highest BCUT2D eigenvalue weighted by Crippen LogP contribution is 2.33. The molecule has 2 rings (SSSR count). The lowest BCUT2D eigenvalue weighted by molar-refractivity contribution is -0.114. The van der Waals surface area contributed by atoms with Crippen molar-refractivity contribution in [1.29, 1.82) is 0 Å². The molecule has 4 heteroatoms. The van der Waals surface area contributed by atoms with Crippen molar-refractivity contribution in [3.05, 3.63) is 41.2 Å². The Kier molecular flexibility index (Phi) is 2.58. The first kappa shape index (κ1) is 11.5. The molecule has 0 aromatic heterocycles. The predicted octanol–water partition coefficient (Wildman–Crippen LogP) is 2.24. The van der Waals surface area contributed by atoms with E-state index in [1.807, 2.05) is 0 Å². The average Bonchev–Trinajstić information content (AvgIpc) is 2.43. The van der Waals surface area contributed by atoms with Gasteiger partial charge in [0, 0.05) is 6.54 Å². The highest BCUT2D eigenvalue weighted by Gasteiger charge is 2.37. The number of aryl methyl sites for hydroxylation is 1. The van der Waals surface area contributed by atoms with Gasteiger partial charge in [-0.05, 0) is 31.5 Å². The molecule has 1 heterocycles. The molecule has 0 spiro atoms. The van der Waals surface area contributed by atoms with Crippen molar-refractivity contribution in [2.45, 2.75) is 13.8 Å². The molecule has 0 fully saturated rings. The first-order chi connectivity index (χ1) is 7.91. The number of amides is 1. The molecule has 1 amide bonds. The van der Waals surface area contributed by atoms with Gasteiger partial charge in [-0.1, -0.05) is 12.2 Å². The summed E-state index contributed by atoms with van der Waals surface area (Å²) in [7, 11) is 0. The molecule has 1 aliphatic rings. The highest BCUT2D eigenvalue weighted by atomic mass is 19.1. The van der Waals surface area contributed by atoms with E-state index in [-0.39, 0.29) is 12.1 Å². The summed E-state index contributed by atoms with van der Waals surface area (Å²) in [5.74, 6) is -1.76. The van der Waals surface area contributed by atoms with Crippen LogP contribution in [-0.4, -0.2) is 18.2 Å². The molecule has 0 aliphatic carbocycles. The molecule has 88 valence electrons. The predicted molar refractivity (Wildman–Crippen MR) is 62.6 cm³/mol. The van der Waals surface area contributed by atoms with Crippen molar-refractivity contribution in [3.8, 4) is 0 Å². The number of rotatable bonds is 2. The van der Waals surface area contributed by atoms with E-state index >= 15 is 0 Å². The minimum atomic E-state index is -0.649. The number of carbonyl (C=O) groups is 2. The van der Waals surface area contributed by atoms with Crippen LogP contribution in [0.15, 0.2) is 24.3 Å². The van der Waals surface area contributed by atoms with Gasteiger partial charge in [-0.15, -0.1) is 0 Å². The number of hydrogen-bond acceptors (Lipinski definition) is 2. The third-order valence-electron chi connectivity index (χ3n) is 2.65. The molecule has 3 nitrogen and oxygen atoms in total. The first-order valence-corrected chi connectivity index (χ1v) is 5.22. The molecule has 1 aromatic rings. The lowest BCUT2D eigenvalue weighted by Gasteiger charge is -2.18. The van der Waals surface area contributed by atoms with E-state index in [0.717, 1.165) is 11.6 Å². The van der Waals surface area contributed by atoms with Gasteiger partial charge in [0.05, 0.1) is 11.3 Å². The summed E-state index contributed by atoms with van der Waals surface area (Å²) in [5.41, 5.74) is 2.00. The minimum absolute atomic E-state index is 0.147. The van der Waals surface area contributed by atoms with E-state index in [9.17, 15) is 14.0 Å². The molecule has 0 saturated heterocycles. The van der Waals surface area contributed by atoms with Gasteiger partial charge in [0.15, 0.2) is 0 Å². The molecule has 0 saturated carbocycles. The van der Waals surface area contributed by atoms with Crippen molar-refractivity contribution in [2.24, 2.45) is 0 Å². The summed E-state index contributed by atoms with van der Waals surface area (Å²) in [6.07, 6.45) is 0. The number of nitrogens with zero attached hydrogens (tertiary/aromatic N) is 1. The fourth-order valence-electron chi connectivity index (χ4n) is 2.03. The third-order valence-corrected chi connectivity index (χ3v) is 2.65. The van der Waals surface area contributed by atoms with Gasteiger partial charge < -0.3 is 4.90 Å². The zero-order valence-corrected chi connectivity index (χ0v) is 9.71. The molecule has 0 bridgehead atoms. The van der Waals surface area contributed by atoms with Crippen LogP contribution in [0, 0.1) is 12.7 Å². The maximum atomic E-state index is 13.2. The molecule has 0 radical (unpaired) electrons. The van der Waals surface area contributed by atoms with Crippen LogP contribution >= 0.6 is 0 Å². The van der Waals surface area contributed by atoms with Gasteiger partial charge in [0.2, 0.25) is 0 Å². The monoisotopic (exact) mass is 233 g/mol. The Morgan fingerprint density at radius 1 is 1.41 bits per heavy atom. The lowest BCUT2D eigenvalue weighted by Crippen LogP contribution is -2.31. The Morgan fingerprint density at radius 3 is 2.65 bits per heavy atom. The summed E-state index contributed by atoms with van der Waals surface area (Å²) < 4.78 is 13.2. The topological polar surface area (TPSA) is 37.4 Å². The SMILES string of the molecule is C=C(C)CN1C(=O)C(=O)c2cc(F)cc(C)c21. The molecular formula is C13H12FNO2. The fourth-order valence-corrected chi connectivity index (χ4v) is 2.03. The smallest absolute Gasteiger partial charge is 0.299 e. The number of benzene rings is 1. The van der Waals surface area contributed by atoms with Gasteiger partial charge >= 0.3 is 0 Å². The van der Waals surface area contributed by atoms with E-state index in [1.54, 1.807) is 13.8 Å². The second kappa shape index (κ2) is 3.80. The molecule has 17 heavy (non-hydrogen) atoms. The normalized spacial score (nSPS) is 14.2. The number of halogens is 1. The van der Waals surface area contributed by atoms with Crippen LogP contribution in [0.2, 0.25) is 0 Å². The van der Waals surface area contributed by atoms with Crippen LogP contribution in [0.3, 0.4) is 0 Å². The Balaban J connectivity index is 2.60. The Labute approximate surface area is 98.5 Å². The summed E-state index contributed by atoms with van der Waals surface area (Å²) in [6.45, 7) is 7.45. The van der Waals surface area contributed by atoms with Crippen LogP contribution in [0.4, 0.5) is 10.1 Å². The Hall–Kier alpha value is -1.97. The molecule has 1 aliphatic heterocycles. The van der Waals surface area contributed by atoms with Gasteiger partial charge in [0.25, 0.3) is 11.7 Å². The zero-order valence-electron chi connectivity index (χ0n) is 9.71. The van der Waals surface area contributed by atoms with Gasteiger partial charge in [-0.3, -0.25) is 9.59 Å². The highest BCUT2D eigenvalue weighted by molar-refractivity contribution is 6.52. The van der Waals surface area contributed by atoms with E-state index < -0.39 is 17.5 Å². The Morgan fingerprint density at radius 2 is 2.06 bits per heavy atom. The lowest BCUT2D eigenvalue weighted by atomic mass is 10.1. The maximum Gasteiger partial charge on any atom is 0.299 e. The second-order valence-electron chi connectivity index (χ2n) is 4.30. The third kappa shape index (κ3) is 1.75. The van der Waals surface area contributed by atoms with Gasteiger partial charge in [0.1, 0.15) is 5.82 Å². The van der Waals surface area contributed by atoms with Crippen molar-refractivity contribution < 1.29 is 14.0 Å². The number of carbonyl (C=O) groups excluding carboxylic acids is 2. The summed E-state index contributed by atoms with van der Waals surface area (Å²) in [5, 5.41) is 0. The van der Waals surface area contributed by atoms with Crippen molar-refractivity contribution >= 4 is 17.4 Å². The molecular weight excluding hydrogens is 221 g/mol. The quantitative estimate of drug-likeness (QED) is 0.580. The van der Waals surface area contributed by atoms with Crippen molar-refractivity contribution in [1.82, 2.24) is 0 Å². The first-order valence-electron chi connectivity index (χ1n) is 5.22. The molecule has 0 unspecified atom stereocenters. The molecule has 0 N–H and O–H groups in total. The summed E-state index contributed by atoms with van der Waals surface area (Å²) in [6, 6.07) is 2.43. The number of Topliss-reactive ketones (excluding diaryl/α,β-unsaturated/α-hetero) is 1. The summed E-state index contributed by atoms with van der Waals surface area (Å²) >= 11 is 0. The van der Waals surface area contributed by atoms with Gasteiger partial charge in [-0.25, -0.2) is 4.39 Å². The summed E-state index contributed by atoms with van der Waals surface area (Å²) in [4.78, 5) is 24.8. The zero-order chi connectivity index (χ0) is 12.7. The standard InChI is InChI=1S/C13H12FNO2/c1-7(2)6-15-11-8(3)4-9(14)5-10(11)12(16)13(15)17/h4-5H,1,6H2,2-3H3. The van der Waals surface area contributed by atoms with E-state index in [4.69, 9.17) is 0 Å². The minimum Gasteiger partial charge on any atom is -0.300 e. The molecule has 1 aromatic carbocycles. The van der Waals surface area contributed by atoms with Crippen LogP contribution in [0.1, 0.15) is 22.8 Å². The molecule has 0 atom stereocenters. The largest absolute Gasteiger partial charge is 0.300 e. The fraction of sp³-hybridized carbons (Fsp3) is 0.231. The van der Waals surface area contributed by atoms with Crippen LogP contribution < -0.4 is 4.90 Å². The van der Waals surface area contributed by atoms with Crippen LogP contribution in [0.5, 0.6) is 0 Å². The number of anilines is 1. The number of fused-ring (bicyclic) bond motifs is 1. The number of hydrogen-bond donors (Lipinski definition) is 0. The van der Waals surface area contributed by atoms with E-state index in [2.05, 4.69) is 6.58 Å². The van der Waals surface area contributed by atoms with Crippen molar-refractivity contribution in [3.63, 3.8) is 0 Å². The number of ketones is 1.